The molecule has 1 aliphatic rings. The molecule has 1 fully saturated rings. The molecule has 1 amide bonds. The molecule has 0 radical (unpaired) electrons. The minimum Gasteiger partial charge on any atom is -0.340 e. The molecule has 1 N–H and O–H groups in total. The van der Waals surface area contributed by atoms with Crippen LogP contribution in [0.4, 0.5) is 15.9 Å². The first-order valence-corrected chi connectivity index (χ1v) is 7.86. The zero-order valence-corrected chi connectivity index (χ0v) is 12.8. The molecule has 3 rings (SSSR count). The Hall–Kier alpha value is -2.50. The summed E-state index contributed by atoms with van der Waals surface area (Å²) in [5.41, 5.74) is 0.942. The van der Waals surface area contributed by atoms with Gasteiger partial charge in [-0.25, -0.2) is 14.4 Å². The monoisotopic (exact) mass is 314 g/mol. The van der Waals surface area contributed by atoms with Gasteiger partial charge in [0, 0.05) is 24.8 Å². The van der Waals surface area contributed by atoms with Gasteiger partial charge in [-0.1, -0.05) is 18.9 Å². The second-order valence-electron chi connectivity index (χ2n) is 5.63. The van der Waals surface area contributed by atoms with Gasteiger partial charge in [0.25, 0.3) is 5.91 Å². The van der Waals surface area contributed by atoms with E-state index in [1.165, 1.54) is 31.3 Å². The molecule has 0 spiro atoms. The fourth-order valence-electron chi connectivity index (χ4n) is 2.69. The topological polar surface area (TPSA) is 58.1 Å². The Morgan fingerprint density at radius 1 is 1.09 bits per heavy atom. The number of aromatic nitrogens is 2. The zero-order valence-electron chi connectivity index (χ0n) is 12.8. The number of hydrogen-bond acceptors (Lipinski definition) is 4. The number of carbonyl (C=O) groups excluding carboxylic acids is 1. The van der Waals surface area contributed by atoms with Crippen LogP contribution in [0, 0.1) is 5.82 Å². The Bertz CT molecular complexity index is 684. The van der Waals surface area contributed by atoms with Gasteiger partial charge in [-0.3, -0.25) is 4.79 Å². The molecule has 2 aromatic rings. The average Bonchev–Trinajstić information content (AvgIpc) is 2.84. The van der Waals surface area contributed by atoms with E-state index in [-0.39, 0.29) is 11.7 Å². The van der Waals surface area contributed by atoms with E-state index in [9.17, 15) is 9.18 Å². The Kier molecular flexibility index (Phi) is 4.80. The smallest absolute Gasteiger partial charge is 0.272 e. The van der Waals surface area contributed by atoms with Crippen LogP contribution in [-0.2, 0) is 0 Å². The van der Waals surface area contributed by atoms with Gasteiger partial charge in [-0.15, -0.1) is 0 Å². The van der Waals surface area contributed by atoms with Crippen molar-refractivity contribution >= 4 is 17.4 Å². The van der Waals surface area contributed by atoms with Crippen LogP contribution in [0.15, 0.2) is 36.7 Å². The van der Waals surface area contributed by atoms with E-state index in [2.05, 4.69) is 15.3 Å². The molecular weight excluding hydrogens is 295 g/mol. The lowest BCUT2D eigenvalue weighted by molar-refractivity contribution is 0.0755. The first kappa shape index (κ1) is 15.4. The van der Waals surface area contributed by atoms with E-state index in [1.54, 1.807) is 18.2 Å². The second kappa shape index (κ2) is 7.17. The lowest BCUT2D eigenvalue weighted by Gasteiger charge is -2.19. The van der Waals surface area contributed by atoms with Crippen molar-refractivity contribution < 1.29 is 9.18 Å². The molecule has 0 atom stereocenters. The molecule has 0 saturated carbocycles. The van der Waals surface area contributed by atoms with Crippen LogP contribution >= 0.6 is 0 Å². The van der Waals surface area contributed by atoms with Crippen molar-refractivity contribution in [1.29, 1.82) is 0 Å². The van der Waals surface area contributed by atoms with E-state index >= 15 is 0 Å². The number of nitrogens with one attached hydrogen (secondary N) is 1. The van der Waals surface area contributed by atoms with Crippen LogP contribution in [0.1, 0.15) is 36.2 Å². The lowest BCUT2D eigenvalue weighted by atomic mass is 10.2. The van der Waals surface area contributed by atoms with Crippen LogP contribution in [-0.4, -0.2) is 33.9 Å². The van der Waals surface area contributed by atoms with Gasteiger partial charge in [0.1, 0.15) is 23.7 Å². The summed E-state index contributed by atoms with van der Waals surface area (Å²) in [6.07, 6.45) is 5.75. The van der Waals surface area contributed by atoms with E-state index in [4.69, 9.17) is 0 Å². The van der Waals surface area contributed by atoms with Gasteiger partial charge in [0.15, 0.2) is 0 Å². The molecule has 0 unspecified atom stereocenters. The predicted molar refractivity (Wildman–Crippen MR) is 86.1 cm³/mol. The summed E-state index contributed by atoms with van der Waals surface area (Å²) in [6, 6.07) is 7.71. The first-order chi connectivity index (χ1) is 11.2. The van der Waals surface area contributed by atoms with Crippen LogP contribution < -0.4 is 5.32 Å². The minimum atomic E-state index is -0.329. The number of rotatable bonds is 3. The molecule has 0 aliphatic carbocycles. The molecule has 1 aromatic heterocycles. The Morgan fingerprint density at radius 2 is 1.87 bits per heavy atom. The first-order valence-electron chi connectivity index (χ1n) is 7.86. The molecule has 23 heavy (non-hydrogen) atoms. The van der Waals surface area contributed by atoms with Crippen molar-refractivity contribution in [2.24, 2.45) is 0 Å². The Labute approximate surface area is 134 Å². The van der Waals surface area contributed by atoms with E-state index in [0.717, 1.165) is 25.9 Å². The summed E-state index contributed by atoms with van der Waals surface area (Å²) in [4.78, 5) is 22.6. The third-order valence-electron chi connectivity index (χ3n) is 3.88. The number of carbonyl (C=O) groups is 1. The van der Waals surface area contributed by atoms with Gasteiger partial charge in [0.2, 0.25) is 0 Å². The van der Waals surface area contributed by atoms with Crippen LogP contribution in [0.5, 0.6) is 0 Å². The molecule has 120 valence electrons. The van der Waals surface area contributed by atoms with Gasteiger partial charge in [-0.2, -0.15) is 0 Å². The van der Waals surface area contributed by atoms with Crippen molar-refractivity contribution in [2.75, 3.05) is 18.4 Å². The van der Waals surface area contributed by atoms with Crippen molar-refractivity contribution in [3.63, 3.8) is 0 Å². The maximum absolute atomic E-state index is 13.2. The number of hydrogen-bond donors (Lipinski definition) is 1. The van der Waals surface area contributed by atoms with Gasteiger partial charge < -0.3 is 10.2 Å². The molecule has 5 nitrogen and oxygen atoms in total. The average molecular weight is 314 g/mol. The van der Waals surface area contributed by atoms with E-state index in [0.29, 0.717) is 17.2 Å². The third-order valence-corrected chi connectivity index (χ3v) is 3.88. The summed E-state index contributed by atoms with van der Waals surface area (Å²) in [5.74, 6) is 0.0743. The SMILES string of the molecule is O=C(c1cc(Nc2cccc(F)c2)ncn1)N1CCCCCC1. The van der Waals surface area contributed by atoms with Crippen molar-refractivity contribution in [3.8, 4) is 0 Å². The number of halogens is 1. The molecule has 6 heteroatoms. The van der Waals surface area contributed by atoms with Crippen LogP contribution in [0.25, 0.3) is 0 Å². The van der Waals surface area contributed by atoms with E-state index in [1.807, 2.05) is 4.90 Å². The van der Waals surface area contributed by atoms with Gasteiger partial charge >= 0.3 is 0 Å². The lowest BCUT2D eigenvalue weighted by Crippen LogP contribution is -2.32. The Balaban J connectivity index is 1.75. The van der Waals surface area contributed by atoms with Gasteiger partial charge in [-0.05, 0) is 31.0 Å². The number of amides is 1. The van der Waals surface area contributed by atoms with E-state index < -0.39 is 0 Å². The number of likely N-dealkylation sites (tertiary alicyclic amines) is 1. The highest BCUT2D eigenvalue weighted by atomic mass is 19.1. The highest BCUT2D eigenvalue weighted by Gasteiger charge is 2.18. The molecule has 0 bridgehead atoms. The number of anilines is 2. The number of benzene rings is 1. The highest BCUT2D eigenvalue weighted by molar-refractivity contribution is 5.93. The number of nitrogens with zero attached hydrogens (tertiary/aromatic N) is 3. The second-order valence-corrected chi connectivity index (χ2v) is 5.63. The third kappa shape index (κ3) is 4.03. The minimum absolute atomic E-state index is 0.0726. The largest absolute Gasteiger partial charge is 0.340 e. The van der Waals surface area contributed by atoms with Gasteiger partial charge in [0.05, 0.1) is 0 Å². The fraction of sp³-hybridized carbons (Fsp3) is 0.353. The molecule has 1 aliphatic heterocycles. The summed E-state index contributed by atoms with van der Waals surface area (Å²) >= 11 is 0. The fourth-order valence-corrected chi connectivity index (χ4v) is 2.69. The van der Waals surface area contributed by atoms with Crippen molar-refractivity contribution in [2.45, 2.75) is 25.7 Å². The maximum atomic E-state index is 13.2. The molecular formula is C17H19FN4O. The molecule has 1 saturated heterocycles. The molecule has 1 aromatic carbocycles. The van der Waals surface area contributed by atoms with Crippen LogP contribution in [0.2, 0.25) is 0 Å². The maximum Gasteiger partial charge on any atom is 0.272 e. The standard InChI is InChI=1S/C17H19FN4O/c18-13-6-5-7-14(10-13)21-16-11-15(19-12-20-16)17(23)22-8-3-1-2-4-9-22/h5-7,10-12H,1-4,8-9H2,(H,19,20,21). The Morgan fingerprint density at radius 3 is 2.61 bits per heavy atom. The zero-order chi connectivity index (χ0) is 16.1. The summed E-state index contributed by atoms with van der Waals surface area (Å²) in [6.45, 7) is 1.55. The summed E-state index contributed by atoms with van der Waals surface area (Å²) < 4.78 is 13.2. The van der Waals surface area contributed by atoms with Crippen molar-refractivity contribution in [3.05, 3.63) is 48.2 Å². The van der Waals surface area contributed by atoms with Crippen molar-refractivity contribution in [1.82, 2.24) is 14.9 Å². The normalized spacial score (nSPS) is 15.1. The quantitative estimate of drug-likeness (QED) is 0.943. The highest BCUT2D eigenvalue weighted by Crippen LogP contribution is 2.17. The summed E-state index contributed by atoms with van der Waals surface area (Å²) in [7, 11) is 0. The predicted octanol–water partition coefficient (Wildman–Crippen LogP) is 3.38. The summed E-state index contributed by atoms with van der Waals surface area (Å²) in [5, 5.41) is 2.99. The molecule has 2 heterocycles. The van der Waals surface area contributed by atoms with Crippen LogP contribution in [0.3, 0.4) is 0 Å².